The van der Waals surface area contributed by atoms with Crippen LogP contribution in [0.4, 0.5) is 0 Å². The minimum atomic E-state index is -1.49. The second-order valence-electron chi connectivity index (χ2n) is 4.04. The van der Waals surface area contributed by atoms with Crippen LogP contribution in [0.3, 0.4) is 0 Å². The molecule has 1 rings (SSSR count). The van der Waals surface area contributed by atoms with Gasteiger partial charge in [-0.3, -0.25) is 9.59 Å². The van der Waals surface area contributed by atoms with Crippen LogP contribution in [0, 0.1) is 0 Å². The third kappa shape index (κ3) is 3.39. The summed E-state index contributed by atoms with van der Waals surface area (Å²) in [6, 6.07) is -1.09. The predicted octanol–water partition coefficient (Wildman–Crippen LogP) is -2.51. The van der Waals surface area contributed by atoms with Crippen molar-refractivity contribution in [1.29, 1.82) is 0 Å². The van der Waals surface area contributed by atoms with Gasteiger partial charge in [-0.2, -0.15) is 0 Å². The van der Waals surface area contributed by atoms with Crippen molar-refractivity contribution in [3.63, 3.8) is 0 Å². The molecule has 8 nitrogen and oxygen atoms in total. The van der Waals surface area contributed by atoms with E-state index in [9.17, 15) is 19.8 Å². The quantitative estimate of drug-likeness (QED) is 0.414. The minimum Gasteiger partial charge on any atom is -0.457 e. The lowest BCUT2D eigenvalue weighted by Crippen LogP contribution is -2.65. The Hall–Kier alpha value is -1.22. The second-order valence-corrected chi connectivity index (χ2v) is 4.04. The number of hydrogen-bond donors (Lipinski definition) is 4. The maximum absolute atomic E-state index is 11.0. The third-order valence-corrected chi connectivity index (χ3v) is 2.54. The molecule has 0 radical (unpaired) electrons. The molecule has 1 aliphatic rings. The Bertz CT molecular complexity index is 321. The molecular formula is C10H17NO7. The molecule has 104 valence electrons. The van der Waals surface area contributed by atoms with Crippen LogP contribution in [0.1, 0.15) is 13.8 Å². The van der Waals surface area contributed by atoms with E-state index in [4.69, 9.17) is 14.6 Å². The molecule has 1 saturated heterocycles. The maximum Gasteiger partial charge on any atom is 0.303 e. The van der Waals surface area contributed by atoms with Crippen LogP contribution in [0.5, 0.6) is 0 Å². The van der Waals surface area contributed by atoms with Gasteiger partial charge < -0.3 is 30.1 Å². The van der Waals surface area contributed by atoms with E-state index in [-0.39, 0.29) is 0 Å². The minimum absolute atomic E-state index is 0.477. The topological polar surface area (TPSA) is 125 Å². The second kappa shape index (κ2) is 6.10. The van der Waals surface area contributed by atoms with Crippen molar-refractivity contribution < 1.29 is 34.4 Å². The van der Waals surface area contributed by atoms with Crippen molar-refractivity contribution in [3.05, 3.63) is 0 Å². The summed E-state index contributed by atoms with van der Waals surface area (Å²) < 4.78 is 9.79. The molecule has 8 heteroatoms. The third-order valence-electron chi connectivity index (χ3n) is 2.54. The number of hydrogen-bond acceptors (Lipinski definition) is 7. The highest BCUT2D eigenvalue weighted by Crippen LogP contribution is 2.22. The molecular weight excluding hydrogens is 246 g/mol. The van der Waals surface area contributed by atoms with E-state index in [0.717, 1.165) is 6.92 Å². The average molecular weight is 263 g/mol. The maximum atomic E-state index is 11.0. The number of aliphatic hydroxyl groups is 3. The van der Waals surface area contributed by atoms with E-state index in [1.165, 1.54) is 6.92 Å². The van der Waals surface area contributed by atoms with Gasteiger partial charge >= 0.3 is 5.97 Å². The molecule has 0 spiro atoms. The number of carbonyl (C=O) groups excluding carboxylic acids is 2. The molecule has 4 N–H and O–H groups in total. The largest absolute Gasteiger partial charge is 0.457 e. The molecule has 1 heterocycles. The number of rotatable bonds is 3. The van der Waals surface area contributed by atoms with Gasteiger partial charge in [0.05, 0.1) is 6.61 Å². The standard InChI is InChI=1S/C10H17NO7/c1-4(13)11-7-9(17-5(2)14)8(15)6(3-12)18-10(7)16/h6-10,12,15-16H,3H2,1-2H3,(H,11,13)/t6-,7+,8+,9+,10-/m1/s1. The summed E-state index contributed by atoms with van der Waals surface area (Å²) in [7, 11) is 0. The van der Waals surface area contributed by atoms with E-state index in [1.54, 1.807) is 0 Å². The van der Waals surface area contributed by atoms with Crippen LogP contribution in [0.25, 0.3) is 0 Å². The fourth-order valence-corrected chi connectivity index (χ4v) is 1.80. The molecule has 0 saturated carbocycles. The first kappa shape index (κ1) is 14.8. The monoisotopic (exact) mass is 263 g/mol. The predicted molar refractivity (Wildman–Crippen MR) is 57.1 cm³/mol. The van der Waals surface area contributed by atoms with Gasteiger partial charge in [0, 0.05) is 13.8 Å². The first-order valence-electron chi connectivity index (χ1n) is 5.43. The molecule has 0 bridgehead atoms. The lowest BCUT2D eigenvalue weighted by atomic mass is 9.96. The number of ether oxygens (including phenoxy) is 2. The molecule has 1 amide bonds. The first-order valence-corrected chi connectivity index (χ1v) is 5.43. The summed E-state index contributed by atoms with van der Waals surface area (Å²) >= 11 is 0. The Kier molecular flexibility index (Phi) is 5.03. The Morgan fingerprint density at radius 1 is 1.33 bits per heavy atom. The Labute approximate surface area is 104 Å². The van der Waals surface area contributed by atoms with E-state index in [1.807, 2.05) is 0 Å². The van der Waals surface area contributed by atoms with Crippen molar-refractivity contribution >= 4 is 11.9 Å². The van der Waals surface area contributed by atoms with Gasteiger partial charge in [-0.15, -0.1) is 0 Å². The van der Waals surface area contributed by atoms with E-state index >= 15 is 0 Å². The van der Waals surface area contributed by atoms with Crippen molar-refractivity contribution in [2.45, 2.75) is 44.5 Å². The first-order chi connectivity index (χ1) is 8.36. The van der Waals surface area contributed by atoms with Crippen LogP contribution in [-0.4, -0.2) is 64.4 Å². The number of carbonyl (C=O) groups is 2. The molecule has 0 aliphatic carbocycles. The van der Waals surface area contributed by atoms with Gasteiger partial charge in [-0.25, -0.2) is 0 Å². The summed E-state index contributed by atoms with van der Waals surface area (Å²) in [6.07, 6.45) is -5.11. The average Bonchev–Trinajstić information content (AvgIpc) is 2.27. The lowest BCUT2D eigenvalue weighted by Gasteiger charge is -2.41. The molecule has 0 aromatic heterocycles. The van der Waals surface area contributed by atoms with Gasteiger partial charge in [0.25, 0.3) is 0 Å². The summed E-state index contributed by atoms with van der Waals surface area (Å²) in [4.78, 5) is 22.0. The van der Waals surface area contributed by atoms with Gasteiger partial charge in [0.2, 0.25) is 5.91 Å². The van der Waals surface area contributed by atoms with Crippen molar-refractivity contribution in [1.82, 2.24) is 5.32 Å². The molecule has 18 heavy (non-hydrogen) atoms. The van der Waals surface area contributed by atoms with Crippen molar-refractivity contribution in [2.24, 2.45) is 0 Å². The van der Waals surface area contributed by atoms with Crippen LogP contribution in [0.15, 0.2) is 0 Å². The number of esters is 1. The summed E-state index contributed by atoms with van der Waals surface area (Å²) in [5.41, 5.74) is 0. The Balaban J connectivity index is 2.89. The van der Waals surface area contributed by atoms with E-state index in [2.05, 4.69) is 5.32 Å². The normalized spacial score (nSPS) is 35.9. The fraction of sp³-hybridized carbons (Fsp3) is 0.800. The summed E-state index contributed by atoms with van der Waals surface area (Å²) in [5, 5.41) is 30.8. The highest BCUT2D eigenvalue weighted by molar-refractivity contribution is 5.73. The molecule has 0 aromatic carbocycles. The zero-order valence-corrected chi connectivity index (χ0v) is 10.1. The molecule has 1 aliphatic heterocycles. The van der Waals surface area contributed by atoms with E-state index in [0.29, 0.717) is 0 Å². The lowest BCUT2D eigenvalue weighted by molar-refractivity contribution is -0.258. The Morgan fingerprint density at radius 2 is 1.94 bits per heavy atom. The zero-order chi connectivity index (χ0) is 13.9. The van der Waals surface area contributed by atoms with Gasteiger partial charge in [-0.05, 0) is 0 Å². The van der Waals surface area contributed by atoms with Gasteiger partial charge in [0.15, 0.2) is 12.4 Å². The van der Waals surface area contributed by atoms with Crippen molar-refractivity contribution in [3.8, 4) is 0 Å². The molecule has 5 atom stereocenters. The Morgan fingerprint density at radius 3 is 2.39 bits per heavy atom. The fourth-order valence-electron chi connectivity index (χ4n) is 1.80. The van der Waals surface area contributed by atoms with Gasteiger partial charge in [-0.1, -0.05) is 0 Å². The van der Waals surface area contributed by atoms with Crippen molar-refractivity contribution in [2.75, 3.05) is 6.61 Å². The SMILES string of the molecule is CC(=O)N[C@H]1[C@H](OC(C)=O)[C@@H](O)[C@@H](CO)O[C@H]1O. The van der Waals surface area contributed by atoms with Crippen LogP contribution >= 0.6 is 0 Å². The molecule has 0 aromatic rings. The van der Waals surface area contributed by atoms with E-state index < -0.39 is 49.1 Å². The summed E-state index contributed by atoms with van der Waals surface area (Å²) in [5.74, 6) is -1.16. The highest BCUT2D eigenvalue weighted by Gasteiger charge is 2.46. The van der Waals surface area contributed by atoms with Crippen LogP contribution in [0.2, 0.25) is 0 Å². The molecule has 1 fully saturated rings. The summed E-state index contributed by atoms with van der Waals surface area (Å²) in [6.45, 7) is 1.79. The number of nitrogens with one attached hydrogen (secondary N) is 1. The van der Waals surface area contributed by atoms with Crippen LogP contribution < -0.4 is 5.32 Å². The smallest absolute Gasteiger partial charge is 0.303 e. The number of amides is 1. The zero-order valence-electron chi connectivity index (χ0n) is 10.1. The highest BCUT2D eigenvalue weighted by atomic mass is 16.6. The van der Waals surface area contributed by atoms with Crippen LogP contribution in [-0.2, 0) is 19.1 Å². The van der Waals surface area contributed by atoms with Gasteiger partial charge in [0.1, 0.15) is 18.2 Å². The molecule has 0 unspecified atom stereocenters. The number of aliphatic hydroxyl groups excluding tert-OH is 3.